The van der Waals surface area contributed by atoms with E-state index >= 15 is 0 Å². The lowest BCUT2D eigenvalue weighted by molar-refractivity contribution is 0.601. The van der Waals surface area contributed by atoms with Crippen molar-refractivity contribution in [1.29, 1.82) is 0 Å². The van der Waals surface area contributed by atoms with E-state index in [1.807, 2.05) is 0 Å². The van der Waals surface area contributed by atoms with Gasteiger partial charge in [-0.25, -0.2) is 0 Å². The molecule has 0 spiro atoms. The Kier molecular flexibility index (Phi) is 6.44. The molecule has 0 N–H and O–H groups in total. The van der Waals surface area contributed by atoms with Gasteiger partial charge in [0.05, 0.1) is 0 Å². The summed E-state index contributed by atoms with van der Waals surface area (Å²) in [7, 11) is 1.27. The maximum Gasteiger partial charge on any atom is 0.205 e. The third-order valence-corrected chi connectivity index (χ3v) is 3.65. The van der Waals surface area contributed by atoms with Crippen molar-refractivity contribution in [2.24, 2.45) is 0 Å². The molecule has 0 saturated carbocycles. The second-order valence-electron chi connectivity index (χ2n) is 2.17. The fraction of sp³-hybridized carbons (Fsp3) is 0.333. The Bertz CT molecular complexity index is 206. The lowest BCUT2D eigenvalue weighted by atomic mass is 10.2. The van der Waals surface area contributed by atoms with Crippen LogP contribution in [0.1, 0.15) is 12.8 Å². The fourth-order valence-electron chi connectivity index (χ4n) is 0.601. The van der Waals surface area contributed by atoms with E-state index in [9.17, 15) is 0 Å². The van der Waals surface area contributed by atoms with Crippen LogP contribution in [-0.2, 0) is 8.85 Å². The monoisotopic (exact) mass is 236 g/mol. The Morgan fingerprint density at radius 2 is 1.75 bits per heavy atom. The summed E-state index contributed by atoms with van der Waals surface area (Å²) in [6.45, 7) is 3.78. The van der Waals surface area contributed by atoms with Gasteiger partial charge >= 0.3 is 0 Å². The molecule has 68 valence electrons. The molecule has 0 aromatic heterocycles. The zero-order chi connectivity index (χ0) is 9.56. The molecule has 0 radical (unpaired) electrons. The van der Waals surface area contributed by atoms with Crippen LogP contribution in [0.4, 0.5) is 0 Å². The van der Waals surface area contributed by atoms with Gasteiger partial charge in [0.25, 0.3) is 0 Å². The first-order valence-corrected chi connectivity index (χ1v) is 5.89. The summed E-state index contributed by atoms with van der Waals surface area (Å²) in [5, 5.41) is 1.15. The van der Waals surface area contributed by atoms with Gasteiger partial charge in [-0.05, 0) is 36.4 Å². The number of hydrogen-bond donors (Lipinski definition) is 0. The average molecular weight is 236 g/mol. The molecule has 0 aliphatic carbocycles. The Labute approximate surface area is 89.4 Å². The van der Waals surface area contributed by atoms with Crippen molar-refractivity contribution in [3.63, 3.8) is 0 Å². The molecular formula is C6H12O2S2Si2. The summed E-state index contributed by atoms with van der Waals surface area (Å²) < 4.78 is 9.94. The predicted molar refractivity (Wildman–Crippen MR) is 65.6 cm³/mol. The maximum atomic E-state index is 4.97. The molecule has 0 amide bonds. The predicted octanol–water partition coefficient (Wildman–Crippen LogP) is -0.428. The molecule has 0 bridgehead atoms. The van der Waals surface area contributed by atoms with Crippen LogP contribution >= 0.6 is 24.4 Å². The molecule has 0 fully saturated rings. The Morgan fingerprint density at radius 1 is 1.17 bits per heavy atom. The first-order valence-electron chi connectivity index (χ1n) is 3.44. The molecule has 0 aliphatic heterocycles. The molecular weight excluding hydrogens is 224 g/mol. The third kappa shape index (κ3) is 4.76. The van der Waals surface area contributed by atoms with Gasteiger partial charge in [-0.3, -0.25) is 0 Å². The molecule has 0 saturated heterocycles. The van der Waals surface area contributed by atoms with Crippen LogP contribution < -0.4 is 0 Å². The van der Waals surface area contributed by atoms with Crippen molar-refractivity contribution in [2.75, 3.05) is 0 Å². The van der Waals surface area contributed by atoms with Crippen molar-refractivity contribution >= 4 is 55.5 Å². The van der Waals surface area contributed by atoms with Gasteiger partial charge in [0, 0.05) is 6.42 Å². The normalized spacial score (nSPS) is 9.33. The van der Waals surface area contributed by atoms with Crippen LogP contribution in [0.25, 0.3) is 0 Å². The van der Waals surface area contributed by atoms with E-state index in [0.29, 0.717) is 37.5 Å². The molecule has 12 heavy (non-hydrogen) atoms. The van der Waals surface area contributed by atoms with Gasteiger partial charge in [-0.2, -0.15) is 0 Å². The highest BCUT2D eigenvalue weighted by atomic mass is 32.1. The third-order valence-electron chi connectivity index (χ3n) is 1.33. The second kappa shape index (κ2) is 6.47. The molecule has 0 atom stereocenters. The highest BCUT2D eigenvalue weighted by molar-refractivity contribution is 7.80. The number of thiocarbonyl (C=S) groups is 2. The van der Waals surface area contributed by atoms with E-state index in [1.165, 1.54) is 0 Å². The quantitative estimate of drug-likeness (QED) is 0.374. The van der Waals surface area contributed by atoms with E-state index < -0.39 is 0 Å². The zero-order valence-electron chi connectivity index (χ0n) is 7.25. The van der Waals surface area contributed by atoms with E-state index in [-0.39, 0.29) is 0 Å². The standard InChI is InChI=1S/C6H12O2S2Si2/c1-4(6(10)8-12)2-3-5(9)7-11/h1-3H2,11-12H3. The first kappa shape index (κ1) is 12.0. The van der Waals surface area contributed by atoms with Crippen LogP contribution in [0.2, 0.25) is 0 Å². The Hall–Kier alpha value is -0.0462. The maximum absolute atomic E-state index is 4.97. The highest BCUT2D eigenvalue weighted by Crippen LogP contribution is 2.06. The van der Waals surface area contributed by atoms with Crippen molar-refractivity contribution in [2.45, 2.75) is 12.8 Å². The van der Waals surface area contributed by atoms with Gasteiger partial charge in [-0.15, -0.1) is 0 Å². The van der Waals surface area contributed by atoms with E-state index in [0.717, 1.165) is 12.0 Å². The zero-order valence-corrected chi connectivity index (χ0v) is 12.9. The largest absolute Gasteiger partial charge is 0.549 e. The first-order chi connectivity index (χ1) is 5.61. The Morgan fingerprint density at radius 3 is 2.17 bits per heavy atom. The minimum Gasteiger partial charge on any atom is -0.549 e. The van der Waals surface area contributed by atoms with Crippen molar-refractivity contribution in [3.8, 4) is 0 Å². The summed E-state index contributed by atoms with van der Waals surface area (Å²) >= 11 is 9.80. The minimum absolute atomic E-state index is 0.512. The topological polar surface area (TPSA) is 18.5 Å². The van der Waals surface area contributed by atoms with Crippen LogP contribution in [0.3, 0.4) is 0 Å². The number of rotatable bonds is 4. The minimum atomic E-state index is 0.512. The van der Waals surface area contributed by atoms with Crippen LogP contribution in [-0.4, -0.2) is 31.1 Å². The van der Waals surface area contributed by atoms with E-state index in [1.54, 1.807) is 0 Å². The van der Waals surface area contributed by atoms with E-state index in [4.69, 9.17) is 33.3 Å². The lowest BCUT2D eigenvalue weighted by Crippen LogP contribution is -2.05. The molecule has 0 unspecified atom stereocenters. The second-order valence-corrected chi connectivity index (χ2v) is 3.81. The molecule has 0 heterocycles. The SMILES string of the molecule is C=C(CCC(=S)O[SiH3])C(=S)O[SiH3]. The van der Waals surface area contributed by atoms with E-state index in [2.05, 4.69) is 6.58 Å². The molecule has 2 nitrogen and oxygen atoms in total. The van der Waals surface area contributed by atoms with Crippen LogP contribution in [0.15, 0.2) is 12.2 Å². The summed E-state index contributed by atoms with van der Waals surface area (Å²) in [5.74, 6) is 0. The van der Waals surface area contributed by atoms with Crippen molar-refractivity contribution in [3.05, 3.63) is 12.2 Å². The van der Waals surface area contributed by atoms with Gasteiger partial charge in [0.1, 0.15) is 5.05 Å². The smallest absolute Gasteiger partial charge is 0.205 e. The summed E-state index contributed by atoms with van der Waals surface area (Å²) in [6, 6.07) is 0. The van der Waals surface area contributed by atoms with Gasteiger partial charge < -0.3 is 8.85 Å². The van der Waals surface area contributed by atoms with Gasteiger partial charge in [-0.1, -0.05) is 6.58 Å². The van der Waals surface area contributed by atoms with Crippen LogP contribution in [0.5, 0.6) is 0 Å². The highest BCUT2D eigenvalue weighted by Gasteiger charge is 2.02. The Balaban J connectivity index is 3.72. The molecule has 0 rings (SSSR count). The number of hydrogen-bond acceptors (Lipinski definition) is 4. The summed E-state index contributed by atoms with van der Waals surface area (Å²) in [5.41, 5.74) is 0.834. The van der Waals surface area contributed by atoms with Crippen LogP contribution in [0, 0.1) is 0 Å². The van der Waals surface area contributed by atoms with Gasteiger partial charge in [0.2, 0.25) is 21.0 Å². The lowest BCUT2D eigenvalue weighted by Gasteiger charge is -2.06. The van der Waals surface area contributed by atoms with Gasteiger partial charge in [0.15, 0.2) is 5.05 Å². The molecule has 0 aliphatic rings. The summed E-state index contributed by atoms with van der Waals surface area (Å²) in [6.07, 6.45) is 1.45. The van der Waals surface area contributed by atoms with Crippen molar-refractivity contribution in [1.82, 2.24) is 0 Å². The average Bonchev–Trinajstić information content (AvgIpc) is 2.11. The van der Waals surface area contributed by atoms with Crippen molar-refractivity contribution < 1.29 is 8.85 Å². The summed E-state index contributed by atoms with van der Waals surface area (Å²) in [4.78, 5) is 0. The molecule has 0 aromatic rings. The molecule has 6 heteroatoms. The molecule has 0 aromatic carbocycles. The fourth-order valence-corrected chi connectivity index (χ4v) is 1.30.